The van der Waals surface area contributed by atoms with Crippen molar-refractivity contribution in [2.45, 2.75) is 45.7 Å². The maximum absolute atomic E-state index is 14.7. The highest BCUT2D eigenvalue weighted by Crippen LogP contribution is 2.33. The zero-order valence-corrected chi connectivity index (χ0v) is 17.6. The van der Waals surface area contributed by atoms with Crippen molar-refractivity contribution in [2.24, 2.45) is 5.10 Å². The molecule has 2 aromatic rings. The summed E-state index contributed by atoms with van der Waals surface area (Å²) in [6.45, 7) is 12.0. The predicted molar refractivity (Wildman–Crippen MR) is 122 cm³/mol. The second-order valence-corrected chi connectivity index (χ2v) is 7.87. The number of anilines is 1. The van der Waals surface area contributed by atoms with Crippen molar-refractivity contribution in [1.82, 2.24) is 10.7 Å². The molecule has 1 saturated heterocycles. The van der Waals surface area contributed by atoms with E-state index in [2.05, 4.69) is 27.7 Å². The molecule has 154 valence electrons. The topological polar surface area (TPSA) is 48.5 Å². The van der Waals surface area contributed by atoms with Crippen molar-refractivity contribution in [2.75, 3.05) is 18.4 Å². The Labute approximate surface area is 173 Å². The predicted octanol–water partition coefficient (Wildman–Crippen LogP) is 4.94. The number of rotatable bonds is 7. The third kappa shape index (κ3) is 5.24. The zero-order chi connectivity index (χ0) is 20.8. The highest BCUT2D eigenvalue weighted by molar-refractivity contribution is 5.92. The van der Waals surface area contributed by atoms with Gasteiger partial charge in [0.1, 0.15) is 5.82 Å². The van der Waals surface area contributed by atoms with Crippen molar-refractivity contribution in [3.8, 4) is 11.1 Å². The lowest BCUT2D eigenvalue weighted by molar-refractivity contribution is 0.479. The molecule has 1 aliphatic rings. The van der Waals surface area contributed by atoms with Crippen LogP contribution in [0.25, 0.3) is 17.2 Å². The third-order valence-electron chi connectivity index (χ3n) is 5.16. The van der Waals surface area contributed by atoms with Crippen LogP contribution in [0.1, 0.15) is 43.4 Å². The summed E-state index contributed by atoms with van der Waals surface area (Å²) in [4.78, 5) is 0. The first kappa shape index (κ1) is 21.1. The molecular weight excluding hydrogens is 363 g/mol. The minimum Gasteiger partial charge on any atom is -0.382 e. The van der Waals surface area contributed by atoms with E-state index < -0.39 is 0 Å². The van der Waals surface area contributed by atoms with Crippen molar-refractivity contribution >= 4 is 18.0 Å². The molecule has 1 aliphatic heterocycles. The number of aryl methyl sites for hydroxylation is 1. The summed E-state index contributed by atoms with van der Waals surface area (Å²) in [5.74, 6) is -0.215. The smallest absolute Gasteiger partial charge is 0.131 e. The number of piperidine rings is 1. The molecule has 3 N–H and O–H groups in total. The number of nitrogens with one attached hydrogen (secondary N) is 3. The number of benzene rings is 2. The van der Waals surface area contributed by atoms with Crippen LogP contribution in [0.5, 0.6) is 0 Å². The SMILES string of the molecule is C=Cc1c(/C=N\NC(C)C)cc(-c2c(C)cccc2F)cc1NC1CCNCC1. The lowest BCUT2D eigenvalue weighted by Crippen LogP contribution is -2.35. The van der Waals surface area contributed by atoms with Gasteiger partial charge in [-0.2, -0.15) is 5.10 Å². The summed E-state index contributed by atoms with van der Waals surface area (Å²) in [5, 5.41) is 11.4. The van der Waals surface area contributed by atoms with Gasteiger partial charge < -0.3 is 16.1 Å². The van der Waals surface area contributed by atoms with Gasteiger partial charge in [-0.05, 0) is 76.0 Å². The number of hydrazone groups is 1. The second-order valence-electron chi connectivity index (χ2n) is 7.87. The van der Waals surface area contributed by atoms with Gasteiger partial charge >= 0.3 is 0 Å². The number of nitrogens with zero attached hydrogens (tertiary/aromatic N) is 1. The van der Waals surface area contributed by atoms with Gasteiger partial charge in [-0.3, -0.25) is 0 Å². The molecule has 1 heterocycles. The molecule has 0 atom stereocenters. The Morgan fingerprint density at radius 2 is 2.00 bits per heavy atom. The van der Waals surface area contributed by atoms with Gasteiger partial charge in [-0.1, -0.05) is 24.8 Å². The van der Waals surface area contributed by atoms with Crippen LogP contribution in [0.4, 0.5) is 10.1 Å². The average Bonchev–Trinajstić information content (AvgIpc) is 2.68. The molecule has 0 bridgehead atoms. The van der Waals surface area contributed by atoms with Gasteiger partial charge in [0.2, 0.25) is 0 Å². The van der Waals surface area contributed by atoms with E-state index in [9.17, 15) is 4.39 Å². The van der Waals surface area contributed by atoms with E-state index in [1.165, 1.54) is 6.07 Å². The van der Waals surface area contributed by atoms with Gasteiger partial charge in [-0.15, -0.1) is 0 Å². The standard InChI is InChI=1S/C24H31FN4/c1-5-21-19(15-27-29-16(2)3)13-18(24-17(4)7-6-8-22(24)25)14-23(21)28-20-9-11-26-12-10-20/h5-8,13-16,20,26,28-29H,1,9-12H2,2-4H3/b27-15-. The molecule has 0 unspecified atom stereocenters. The van der Waals surface area contributed by atoms with Crippen LogP contribution in [0.3, 0.4) is 0 Å². The third-order valence-corrected chi connectivity index (χ3v) is 5.16. The molecule has 2 aromatic carbocycles. The first-order chi connectivity index (χ1) is 14.0. The molecule has 0 amide bonds. The van der Waals surface area contributed by atoms with Gasteiger partial charge in [-0.25, -0.2) is 4.39 Å². The molecule has 5 heteroatoms. The molecule has 3 rings (SSSR count). The number of halogens is 1. The minimum atomic E-state index is -0.215. The monoisotopic (exact) mass is 394 g/mol. The maximum atomic E-state index is 14.7. The second kappa shape index (κ2) is 9.70. The van der Waals surface area contributed by atoms with Crippen molar-refractivity contribution in [3.05, 3.63) is 59.4 Å². The fraction of sp³-hybridized carbons (Fsp3) is 0.375. The largest absolute Gasteiger partial charge is 0.382 e. The van der Waals surface area contributed by atoms with Crippen LogP contribution in [0.2, 0.25) is 0 Å². The fourth-order valence-electron chi connectivity index (χ4n) is 3.71. The van der Waals surface area contributed by atoms with Gasteiger partial charge in [0.15, 0.2) is 0 Å². The van der Waals surface area contributed by atoms with Gasteiger partial charge in [0.25, 0.3) is 0 Å². The highest BCUT2D eigenvalue weighted by atomic mass is 19.1. The summed E-state index contributed by atoms with van der Waals surface area (Å²) in [5.41, 5.74) is 8.30. The molecule has 4 nitrogen and oxygen atoms in total. The van der Waals surface area contributed by atoms with Crippen LogP contribution in [-0.2, 0) is 0 Å². The van der Waals surface area contributed by atoms with E-state index in [1.54, 1.807) is 12.3 Å². The van der Waals surface area contributed by atoms with Crippen molar-refractivity contribution in [1.29, 1.82) is 0 Å². The van der Waals surface area contributed by atoms with Crippen LogP contribution in [0, 0.1) is 12.7 Å². The van der Waals surface area contributed by atoms with Gasteiger partial charge in [0, 0.05) is 34.5 Å². The molecule has 1 fully saturated rings. The van der Waals surface area contributed by atoms with E-state index in [0.717, 1.165) is 53.9 Å². The van der Waals surface area contributed by atoms with Crippen LogP contribution < -0.4 is 16.1 Å². The summed E-state index contributed by atoms with van der Waals surface area (Å²) < 4.78 is 14.7. The van der Waals surface area contributed by atoms with E-state index in [1.807, 2.05) is 45.0 Å². The van der Waals surface area contributed by atoms with Crippen LogP contribution in [-0.4, -0.2) is 31.4 Å². The number of hydrogen-bond donors (Lipinski definition) is 3. The van der Waals surface area contributed by atoms with E-state index in [-0.39, 0.29) is 11.9 Å². The Bertz CT molecular complexity index is 862. The normalized spacial score (nSPS) is 15.1. The van der Waals surface area contributed by atoms with Crippen LogP contribution in [0.15, 0.2) is 42.0 Å². The molecule has 0 aromatic heterocycles. The van der Waals surface area contributed by atoms with Crippen molar-refractivity contribution in [3.63, 3.8) is 0 Å². The van der Waals surface area contributed by atoms with E-state index in [0.29, 0.717) is 11.6 Å². The van der Waals surface area contributed by atoms with E-state index in [4.69, 9.17) is 0 Å². The first-order valence-electron chi connectivity index (χ1n) is 10.3. The Morgan fingerprint density at radius 1 is 1.24 bits per heavy atom. The number of hydrogen-bond acceptors (Lipinski definition) is 4. The maximum Gasteiger partial charge on any atom is 0.131 e. The van der Waals surface area contributed by atoms with E-state index >= 15 is 0 Å². The van der Waals surface area contributed by atoms with Gasteiger partial charge in [0.05, 0.1) is 6.21 Å². The summed E-state index contributed by atoms with van der Waals surface area (Å²) in [6.07, 6.45) is 5.75. The Kier molecular flexibility index (Phi) is 7.04. The summed E-state index contributed by atoms with van der Waals surface area (Å²) in [6, 6.07) is 9.84. The minimum absolute atomic E-state index is 0.215. The molecule has 29 heavy (non-hydrogen) atoms. The average molecular weight is 395 g/mol. The van der Waals surface area contributed by atoms with Crippen LogP contribution >= 0.6 is 0 Å². The molecule has 0 aliphatic carbocycles. The molecular formula is C24H31FN4. The molecule has 0 saturated carbocycles. The Hall–Kier alpha value is -2.66. The molecule has 0 radical (unpaired) electrons. The summed E-state index contributed by atoms with van der Waals surface area (Å²) in [7, 11) is 0. The molecule has 0 spiro atoms. The summed E-state index contributed by atoms with van der Waals surface area (Å²) >= 11 is 0. The Morgan fingerprint density at radius 3 is 2.66 bits per heavy atom. The Balaban J connectivity index is 2.09. The highest BCUT2D eigenvalue weighted by Gasteiger charge is 2.17. The first-order valence-corrected chi connectivity index (χ1v) is 10.3. The lowest BCUT2D eigenvalue weighted by Gasteiger charge is -2.26. The quantitative estimate of drug-likeness (QED) is 0.460. The lowest BCUT2D eigenvalue weighted by atomic mass is 9.94. The van der Waals surface area contributed by atoms with Crippen molar-refractivity contribution < 1.29 is 4.39 Å². The zero-order valence-electron chi connectivity index (χ0n) is 17.6. The fourth-order valence-corrected chi connectivity index (χ4v) is 3.71.